The lowest BCUT2D eigenvalue weighted by Crippen LogP contribution is -2.44. The van der Waals surface area contributed by atoms with E-state index in [-0.39, 0.29) is 29.4 Å². The number of hydrogen-bond acceptors (Lipinski definition) is 5. The second-order valence-electron chi connectivity index (χ2n) is 8.29. The minimum atomic E-state index is -0.351. The third kappa shape index (κ3) is 4.84. The van der Waals surface area contributed by atoms with E-state index in [1.807, 2.05) is 12.1 Å². The van der Waals surface area contributed by atoms with Crippen LogP contribution in [0, 0.1) is 5.92 Å². The van der Waals surface area contributed by atoms with Gasteiger partial charge in [-0.05, 0) is 56.5 Å². The highest BCUT2D eigenvalue weighted by atomic mass is 35.5. The number of rotatable bonds is 5. The zero-order valence-corrected chi connectivity index (χ0v) is 17.7. The van der Waals surface area contributed by atoms with E-state index in [9.17, 15) is 9.59 Å². The number of hydrogen-bond donors (Lipinski definition) is 1. The van der Waals surface area contributed by atoms with Crippen LogP contribution in [0.25, 0.3) is 0 Å². The van der Waals surface area contributed by atoms with Gasteiger partial charge in [0.25, 0.3) is 5.91 Å². The van der Waals surface area contributed by atoms with Crippen LogP contribution in [0.4, 0.5) is 0 Å². The number of carbonyl (C=O) groups excluding carboxylic acids is 2. The third-order valence-electron chi connectivity index (χ3n) is 6.18. The summed E-state index contributed by atoms with van der Waals surface area (Å²) >= 11 is 5.96. The van der Waals surface area contributed by atoms with Gasteiger partial charge in [-0.1, -0.05) is 28.9 Å². The van der Waals surface area contributed by atoms with Crippen LogP contribution >= 0.6 is 11.6 Å². The Morgan fingerprint density at radius 2 is 1.87 bits per heavy atom. The third-order valence-corrected chi connectivity index (χ3v) is 6.43. The molecule has 2 aliphatic heterocycles. The molecule has 1 atom stereocenters. The quantitative estimate of drug-likeness (QED) is 0.786. The molecule has 1 unspecified atom stereocenters. The molecular weight excluding hydrogens is 404 g/mol. The van der Waals surface area contributed by atoms with E-state index >= 15 is 0 Å². The second kappa shape index (κ2) is 9.18. The van der Waals surface area contributed by atoms with Crippen LogP contribution in [-0.2, 0) is 11.3 Å². The van der Waals surface area contributed by atoms with Gasteiger partial charge in [0.05, 0.1) is 11.6 Å². The predicted octanol–water partition coefficient (Wildman–Crippen LogP) is 3.05. The summed E-state index contributed by atoms with van der Waals surface area (Å²) in [6, 6.07) is 9.74. The van der Waals surface area contributed by atoms with Crippen molar-refractivity contribution in [2.75, 3.05) is 26.2 Å². The minimum absolute atomic E-state index is 0.208. The van der Waals surface area contributed by atoms with Crippen molar-refractivity contribution < 1.29 is 14.1 Å². The van der Waals surface area contributed by atoms with Crippen molar-refractivity contribution in [2.24, 2.45) is 11.7 Å². The van der Waals surface area contributed by atoms with Crippen LogP contribution in [-0.4, -0.2) is 52.9 Å². The maximum absolute atomic E-state index is 12.8. The average molecular weight is 431 g/mol. The van der Waals surface area contributed by atoms with Crippen molar-refractivity contribution >= 4 is 23.4 Å². The first-order chi connectivity index (χ1) is 14.5. The molecule has 2 aromatic rings. The van der Waals surface area contributed by atoms with Gasteiger partial charge < -0.3 is 15.2 Å². The Hall–Kier alpha value is -2.38. The molecule has 0 radical (unpaired) electrons. The van der Waals surface area contributed by atoms with Gasteiger partial charge in [0, 0.05) is 36.6 Å². The molecule has 4 rings (SSSR count). The molecule has 2 aliphatic rings. The van der Waals surface area contributed by atoms with Crippen LogP contribution < -0.4 is 5.73 Å². The molecule has 0 aliphatic carbocycles. The fourth-order valence-electron chi connectivity index (χ4n) is 4.37. The smallest absolute Gasteiger partial charge is 0.292 e. The van der Waals surface area contributed by atoms with Crippen LogP contribution in [0.5, 0.6) is 0 Å². The van der Waals surface area contributed by atoms with E-state index in [0.717, 1.165) is 56.0 Å². The first kappa shape index (κ1) is 20.9. The van der Waals surface area contributed by atoms with Gasteiger partial charge in [-0.3, -0.25) is 14.5 Å². The van der Waals surface area contributed by atoms with Gasteiger partial charge in [0.15, 0.2) is 0 Å². The van der Waals surface area contributed by atoms with Crippen LogP contribution in [0.15, 0.2) is 34.9 Å². The lowest BCUT2D eigenvalue weighted by molar-refractivity contribution is -0.123. The highest BCUT2D eigenvalue weighted by Crippen LogP contribution is 2.29. The predicted molar refractivity (Wildman–Crippen MR) is 113 cm³/mol. The normalized spacial score (nSPS) is 21.0. The average Bonchev–Trinajstić information content (AvgIpc) is 3.26. The second-order valence-corrected chi connectivity index (χ2v) is 8.72. The Morgan fingerprint density at radius 1 is 1.13 bits per heavy atom. The van der Waals surface area contributed by atoms with Gasteiger partial charge in [-0.15, -0.1) is 0 Å². The van der Waals surface area contributed by atoms with Gasteiger partial charge in [0.1, 0.15) is 0 Å². The molecule has 30 heavy (non-hydrogen) atoms. The number of nitrogens with two attached hydrogens (primary N) is 1. The molecule has 8 heteroatoms. The fraction of sp³-hybridized carbons (Fsp3) is 0.500. The van der Waals surface area contributed by atoms with Crippen LogP contribution in [0.2, 0.25) is 5.02 Å². The monoisotopic (exact) mass is 430 g/mol. The Kier molecular flexibility index (Phi) is 6.39. The van der Waals surface area contributed by atoms with Crippen molar-refractivity contribution in [2.45, 2.75) is 38.1 Å². The van der Waals surface area contributed by atoms with E-state index in [1.165, 1.54) is 5.56 Å². The first-order valence-corrected chi connectivity index (χ1v) is 10.9. The van der Waals surface area contributed by atoms with E-state index < -0.39 is 0 Å². The number of benzene rings is 1. The topological polar surface area (TPSA) is 92.7 Å². The highest BCUT2D eigenvalue weighted by molar-refractivity contribution is 6.30. The molecule has 2 saturated heterocycles. The fourth-order valence-corrected chi connectivity index (χ4v) is 4.49. The molecule has 2 N–H and O–H groups in total. The minimum Gasteiger partial charge on any atom is -0.369 e. The number of aromatic nitrogens is 1. The molecule has 7 nitrogen and oxygen atoms in total. The number of piperidine rings is 2. The maximum Gasteiger partial charge on any atom is 0.292 e. The summed E-state index contributed by atoms with van der Waals surface area (Å²) in [7, 11) is 0. The van der Waals surface area contributed by atoms with Gasteiger partial charge in [0.2, 0.25) is 11.7 Å². The summed E-state index contributed by atoms with van der Waals surface area (Å²) in [6.07, 6.45) is 3.45. The SMILES string of the molecule is NC(=O)C1CCCN(C(=O)c2cc(C3CCN(Cc4ccc(Cl)cc4)CC3)no2)C1. The number of primary amides is 1. The van der Waals surface area contributed by atoms with Gasteiger partial charge in [-0.2, -0.15) is 0 Å². The standard InChI is InChI=1S/C22H27ClN4O3/c23-18-5-3-15(4-6-18)13-26-10-7-16(8-11-26)19-12-20(30-25-19)22(29)27-9-1-2-17(14-27)21(24)28/h3-6,12,16-17H,1-2,7-11,13-14H2,(H2,24,28). The molecule has 2 amide bonds. The highest BCUT2D eigenvalue weighted by Gasteiger charge is 2.30. The van der Waals surface area contributed by atoms with E-state index in [2.05, 4.69) is 22.2 Å². The van der Waals surface area contributed by atoms with Crippen LogP contribution in [0.1, 0.15) is 53.4 Å². The lowest BCUT2D eigenvalue weighted by Gasteiger charge is -2.31. The number of likely N-dealkylation sites (tertiary alicyclic amines) is 2. The summed E-state index contributed by atoms with van der Waals surface area (Å²) in [5, 5.41) is 4.93. The van der Waals surface area contributed by atoms with Crippen molar-refractivity contribution in [1.29, 1.82) is 0 Å². The van der Waals surface area contributed by atoms with E-state index in [4.69, 9.17) is 21.9 Å². The largest absolute Gasteiger partial charge is 0.369 e. The molecular formula is C22H27ClN4O3. The van der Waals surface area contributed by atoms with Crippen molar-refractivity contribution in [1.82, 2.24) is 15.0 Å². The molecule has 3 heterocycles. The zero-order chi connectivity index (χ0) is 21.1. The Balaban J connectivity index is 1.31. The Morgan fingerprint density at radius 3 is 2.57 bits per heavy atom. The molecule has 160 valence electrons. The van der Waals surface area contributed by atoms with E-state index in [0.29, 0.717) is 13.1 Å². The molecule has 0 spiro atoms. The summed E-state index contributed by atoms with van der Waals surface area (Å²) in [4.78, 5) is 28.3. The number of halogens is 1. The summed E-state index contributed by atoms with van der Waals surface area (Å²) in [5.74, 6) is -0.304. The van der Waals surface area contributed by atoms with E-state index in [1.54, 1.807) is 11.0 Å². The Labute approximate surface area is 181 Å². The zero-order valence-electron chi connectivity index (χ0n) is 16.9. The Bertz CT molecular complexity index is 890. The first-order valence-electron chi connectivity index (χ1n) is 10.5. The van der Waals surface area contributed by atoms with Crippen molar-refractivity contribution in [3.8, 4) is 0 Å². The lowest BCUT2D eigenvalue weighted by atomic mass is 9.93. The number of carbonyl (C=O) groups is 2. The molecule has 0 saturated carbocycles. The maximum atomic E-state index is 12.8. The number of nitrogens with zero attached hydrogens (tertiary/aromatic N) is 3. The molecule has 1 aromatic heterocycles. The summed E-state index contributed by atoms with van der Waals surface area (Å²) in [6.45, 7) is 3.81. The van der Waals surface area contributed by atoms with Crippen LogP contribution in [0.3, 0.4) is 0 Å². The molecule has 2 fully saturated rings. The molecule has 0 bridgehead atoms. The van der Waals surface area contributed by atoms with Crippen molar-refractivity contribution in [3.63, 3.8) is 0 Å². The van der Waals surface area contributed by atoms with Crippen molar-refractivity contribution in [3.05, 3.63) is 52.4 Å². The number of amides is 2. The van der Waals surface area contributed by atoms with Gasteiger partial charge >= 0.3 is 0 Å². The molecule has 1 aromatic carbocycles. The van der Waals surface area contributed by atoms with Gasteiger partial charge in [-0.25, -0.2) is 0 Å². The summed E-state index contributed by atoms with van der Waals surface area (Å²) < 4.78 is 5.38. The summed E-state index contributed by atoms with van der Waals surface area (Å²) in [5.41, 5.74) is 7.51.